The zero-order valence-corrected chi connectivity index (χ0v) is 12.0. The number of aliphatic carboxylic acids is 1. The van der Waals surface area contributed by atoms with Crippen molar-refractivity contribution in [1.82, 2.24) is 4.90 Å². The Labute approximate surface area is 123 Å². The van der Waals surface area contributed by atoms with E-state index in [2.05, 4.69) is 0 Å². The molecule has 1 aromatic carbocycles. The van der Waals surface area contributed by atoms with Crippen LogP contribution in [0.5, 0.6) is 5.75 Å². The highest BCUT2D eigenvalue weighted by Gasteiger charge is 2.28. The summed E-state index contributed by atoms with van der Waals surface area (Å²) >= 11 is 0. The third-order valence-corrected chi connectivity index (χ3v) is 3.58. The van der Waals surface area contributed by atoms with Gasteiger partial charge in [-0.25, -0.2) is 0 Å². The number of carboxylic acids is 1. The fraction of sp³-hybridized carbons (Fsp3) is 0.375. The van der Waals surface area contributed by atoms with E-state index in [1.807, 2.05) is 24.3 Å². The third-order valence-electron chi connectivity index (χ3n) is 3.58. The number of likely N-dealkylation sites (tertiary alicyclic amines) is 1. The van der Waals surface area contributed by atoms with Gasteiger partial charge in [0.05, 0.1) is 13.5 Å². The van der Waals surface area contributed by atoms with Crippen molar-refractivity contribution < 1.29 is 19.4 Å². The van der Waals surface area contributed by atoms with E-state index in [9.17, 15) is 9.59 Å². The molecule has 112 valence electrons. The first-order valence-corrected chi connectivity index (χ1v) is 6.94. The van der Waals surface area contributed by atoms with Gasteiger partial charge in [0.2, 0.25) is 5.91 Å². The second-order valence-corrected chi connectivity index (χ2v) is 5.04. The molecule has 1 N–H and O–H groups in total. The monoisotopic (exact) mass is 289 g/mol. The maximum atomic E-state index is 12.2. The van der Waals surface area contributed by atoms with Gasteiger partial charge >= 0.3 is 5.97 Å². The molecule has 2 rings (SSSR count). The molecule has 5 heteroatoms. The van der Waals surface area contributed by atoms with Gasteiger partial charge in [-0.3, -0.25) is 9.59 Å². The number of methoxy groups -OCH3 is 1. The Morgan fingerprint density at radius 2 is 2.29 bits per heavy atom. The van der Waals surface area contributed by atoms with Crippen LogP contribution < -0.4 is 4.74 Å². The standard InChI is InChI=1S/C16H19NO4/c1-21-14-6-2-4-12(10-14)7-8-15(18)17-9-3-5-13(17)11-16(19)20/h2,4,6-8,10,13H,3,5,9,11H2,1H3,(H,19,20). The first kappa shape index (κ1) is 15.1. The summed E-state index contributed by atoms with van der Waals surface area (Å²) in [5.41, 5.74) is 0.872. The molecule has 1 saturated heterocycles. The van der Waals surface area contributed by atoms with Gasteiger partial charge in [-0.1, -0.05) is 12.1 Å². The number of rotatable bonds is 5. The van der Waals surface area contributed by atoms with E-state index in [4.69, 9.17) is 9.84 Å². The average Bonchev–Trinajstić information content (AvgIpc) is 2.92. The van der Waals surface area contributed by atoms with Crippen LogP contribution in [0.15, 0.2) is 30.3 Å². The smallest absolute Gasteiger partial charge is 0.305 e. The van der Waals surface area contributed by atoms with E-state index in [-0.39, 0.29) is 18.4 Å². The Morgan fingerprint density at radius 3 is 3.00 bits per heavy atom. The number of ether oxygens (including phenoxy) is 1. The van der Waals surface area contributed by atoms with Crippen molar-refractivity contribution in [1.29, 1.82) is 0 Å². The molecule has 1 unspecified atom stereocenters. The molecule has 0 aliphatic carbocycles. The van der Waals surface area contributed by atoms with Crippen LogP contribution in [0.25, 0.3) is 6.08 Å². The van der Waals surface area contributed by atoms with Crippen molar-refractivity contribution in [2.75, 3.05) is 13.7 Å². The Bertz CT molecular complexity index is 553. The molecule has 0 bridgehead atoms. The topological polar surface area (TPSA) is 66.8 Å². The average molecular weight is 289 g/mol. The number of carboxylic acid groups (broad SMARTS) is 1. The number of nitrogens with zero attached hydrogens (tertiary/aromatic N) is 1. The largest absolute Gasteiger partial charge is 0.497 e. The molecule has 1 fully saturated rings. The van der Waals surface area contributed by atoms with Gasteiger partial charge < -0.3 is 14.7 Å². The highest BCUT2D eigenvalue weighted by molar-refractivity contribution is 5.92. The lowest BCUT2D eigenvalue weighted by molar-refractivity contribution is -0.139. The summed E-state index contributed by atoms with van der Waals surface area (Å²) in [5, 5.41) is 8.87. The Kier molecular flexibility index (Phi) is 4.98. The van der Waals surface area contributed by atoms with E-state index in [1.165, 1.54) is 6.08 Å². The maximum Gasteiger partial charge on any atom is 0.305 e. The minimum atomic E-state index is -0.864. The second kappa shape index (κ2) is 6.92. The van der Waals surface area contributed by atoms with Crippen molar-refractivity contribution >= 4 is 18.0 Å². The van der Waals surface area contributed by atoms with Crippen LogP contribution in [0.4, 0.5) is 0 Å². The van der Waals surface area contributed by atoms with Gasteiger partial charge in [-0.05, 0) is 36.6 Å². The molecule has 0 saturated carbocycles. The molecule has 1 atom stereocenters. The summed E-state index contributed by atoms with van der Waals surface area (Å²) < 4.78 is 5.13. The minimum Gasteiger partial charge on any atom is -0.497 e. The highest BCUT2D eigenvalue weighted by atomic mass is 16.5. The second-order valence-electron chi connectivity index (χ2n) is 5.04. The van der Waals surface area contributed by atoms with E-state index in [0.717, 1.165) is 24.2 Å². The van der Waals surface area contributed by atoms with Crippen molar-refractivity contribution in [3.8, 4) is 5.75 Å². The predicted octanol–water partition coefficient (Wildman–Crippen LogP) is 2.17. The quantitative estimate of drug-likeness (QED) is 0.844. The first-order chi connectivity index (χ1) is 10.1. The van der Waals surface area contributed by atoms with Gasteiger partial charge in [-0.2, -0.15) is 0 Å². The summed E-state index contributed by atoms with van der Waals surface area (Å²) in [4.78, 5) is 24.6. The van der Waals surface area contributed by atoms with Crippen molar-refractivity contribution in [3.05, 3.63) is 35.9 Å². The zero-order chi connectivity index (χ0) is 15.2. The van der Waals surface area contributed by atoms with Crippen LogP contribution in [0.1, 0.15) is 24.8 Å². The lowest BCUT2D eigenvalue weighted by Gasteiger charge is -2.21. The number of hydrogen-bond donors (Lipinski definition) is 1. The van der Waals surface area contributed by atoms with Crippen molar-refractivity contribution in [3.63, 3.8) is 0 Å². The highest BCUT2D eigenvalue weighted by Crippen LogP contribution is 2.21. The number of hydrogen-bond acceptors (Lipinski definition) is 3. The van der Waals surface area contributed by atoms with Gasteiger partial charge in [0.15, 0.2) is 0 Å². The molecule has 1 amide bonds. The molecule has 1 heterocycles. The van der Waals surface area contributed by atoms with Crippen LogP contribution >= 0.6 is 0 Å². The van der Waals surface area contributed by atoms with Gasteiger partial charge in [0.1, 0.15) is 5.75 Å². The first-order valence-electron chi connectivity index (χ1n) is 6.94. The van der Waals surface area contributed by atoms with E-state index < -0.39 is 5.97 Å². The lowest BCUT2D eigenvalue weighted by atomic mass is 10.1. The fourth-order valence-electron chi connectivity index (χ4n) is 2.55. The normalized spacial score (nSPS) is 18.1. The molecule has 1 aromatic rings. The summed E-state index contributed by atoms with van der Waals surface area (Å²) in [6.07, 6.45) is 4.84. The molecule has 21 heavy (non-hydrogen) atoms. The van der Waals surface area contributed by atoms with Crippen LogP contribution in [0.3, 0.4) is 0 Å². The zero-order valence-electron chi connectivity index (χ0n) is 12.0. The third kappa shape index (κ3) is 4.08. The van der Waals surface area contributed by atoms with E-state index >= 15 is 0 Å². The lowest BCUT2D eigenvalue weighted by Crippen LogP contribution is -2.35. The van der Waals surface area contributed by atoms with E-state index in [0.29, 0.717) is 6.54 Å². The molecule has 0 aromatic heterocycles. The van der Waals surface area contributed by atoms with Gasteiger partial charge in [0, 0.05) is 18.7 Å². The van der Waals surface area contributed by atoms with Crippen LogP contribution in [0, 0.1) is 0 Å². The van der Waals surface area contributed by atoms with Crippen LogP contribution in [-0.4, -0.2) is 41.6 Å². The number of benzene rings is 1. The predicted molar refractivity (Wildman–Crippen MR) is 79.0 cm³/mol. The Morgan fingerprint density at radius 1 is 1.48 bits per heavy atom. The number of carbonyl (C=O) groups is 2. The molecular formula is C16H19NO4. The fourth-order valence-corrected chi connectivity index (χ4v) is 2.55. The van der Waals surface area contributed by atoms with Crippen molar-refractivity contribution in [2.45, 2.75) is 25.3 Å². The van der Waals surface area contributed by atoms with E-state index in [1.54, 1.807) is 18.1 Å². The molecule has 1 aliphatic heterocycles. The summed E-state index contributed by atoms with van der Waals surface area (Å²) in [6, 6.07) is 7.22. The van der Waals surface area contributed by atoms with Crippen LogP contribution in [0.2, 0.25) is 0 Å². The summed E-state index contributed by atoms with van der Waals surface area (Å²) in [6.45, 7) is 0.624. The minimum absolute atomic E-state index is 0.0126. The Balaban J connectivity index is 2.02. The maximum absolute atomic E-state index is 12.2. The molecular weight excluding hydrogens is 270 g/mol. The molecule has 5 nitrogen and oxygen atoms in total. The van der Waals surface area contributed by atoms with Gasteiger partial charge in [-0.15, -0.1) is 0 Å². The SMILES string of the molecule is COc1cccc(C=CC(=O)N2CCCC2CC(=O)O)c1. The number of carbonyl (C=O) groups excluding carboxylic acids is 1. The Hall–Kier alpha value is -2.30. The summed E-state index contributed by atoms with van der Waals surface area (Å²) in [5.74, 6) is -0.271. The summed E-state index contributed by atoms with van der Waals surface area (Å²) in [7, 11) is 1.59. The molecule has 0 spiro atoms. The van der Waals surface area contributed by atoms with Crippen LogP contribution in [-0.2, 0) is 9.59 Å². The molecule has 1 aliphatic rings. The van der Waals surface area contributed by atoms with Gasteiger partial charge in [0.25, 0.3) is 0 Å². The molecule has 0 radical (unpaired) electrons. The number of amides is 1. The van der Waals surface area contributed by atoms with Crippen molar-refractivity contribution in [2.24, 2.45) is 0 Å².